The van der Waals surface area contributed by atoms with Crippen LogP contribution in [0, 0.1) is 5.82 Å². The first-order valence-electron chi connectivity index (χ1n) is 12.5. The van der Waals surface area contributed by atoms with Crippen molar-refractivity contribution in [2.45, 2.75) is 13.0 Å². The summed E-state index contributed by atoms with van der Waals surface area (Å²) in [6, 6.07) is 22.6. The second-order valence-corrected chi connectivity index (χ2v) is 11.1. The molecule has 0 bridgehead atoms. The number of aromatic nitrogens is 1. The normalized spacial score (nSPS) is 15.0. The SMILES string of the molecule is CC1=C(C(=O)Nc2ccccc2)C(c2ccc(F)cc2)n2c(s/c(=C\c3ccc(-c4cccc(Cl)c4Cl)o3)c2=O)=N1. The first-order valence-corrected chi connectivity index (χ1v) is 14.1. The fourth-order valence-corrected chi connectivity index (χ4v) is 6.11. The van der Waals surface area contributed by atoms with Crippen LogP contribution in [0.25, 0.3) is 17.4 Å². The number of para-hydroxylation sites is 1. The van der Waals surface area contributed by atoms with Crippen LogP contribution in [0.1, 0.15) is 24.3 Å². The van der Waals surface area contributed by atoms with E-state index in [-0.39, 0.29) is 11.1 Å². The predicted octanol–water partition coefficient (Wildman–Crippen LogP) is 6.58. The summed E-state index contributed by atoms with van der Waals surface area (Å²) in [6.45, 7) is 1.72. The van der Waals surface area contributed by atoms with E-state index in [4.69, 9.17) is 27.6 Å². The van der Waals surface area contributed by atoms with Gasteiger partial charge in [0.2, 0.25) is 0 Å². The topological polar surface area (TPSA) is 76.6 Å². The number of anilines is 1. The molecule has 1 aliphatic rings. The minimum atomic E-state index is -0.824. The van der Waals surface area contributed by atoms with Crippen molar-refractivity contribution in [3.05, 3.63) is 143 Å². The van der Waals surface area contributed by atoms with Gasteiger partial charge < -0.3 is 9.73 Å². The van der Waals surface area contributed by atoms with Crippen molar-refractivity contribution in [1.82, 2.24) is 4.57 Å². The zero-order valence-corrected chi connectivity index (χ0v) is 23.7. The zero-order valence-electron chi connectivity index (χ0n) is 21.4. The summed E-state index contributed by atoms with van der Waals surface area (Å²) in [5.41, 5.74) is 2.18. The number of hydrogen-bond donors (Lipinski definition) is 1. The molecule has 1 N–H and O–H groups in total. The Kier molecular flexibility index (Phi) is 7.21. The highest BCUT2D eigenvalue weighted by molar-refractivity contribution is 7.07. The zero-order chi connectivity index (χ0) is 28.7. The first kappa shape index (κ1) is 27.0. The van der Waals surface area contributed by atoms with Gasteiger partial charge in [0.15, 0.2) is 4.80 Å². The number of furan rings is 1. The third kappa shape index (κ3) is 5.17. The monoisotopic (exact) mass is 603 g/mol. The van der Waals surface area contributed by atoms with E-state index >= 15 is 0 Å². The fraction of sp³-hybridized carbons (Fsp3) is 0.0645. The number of allylic oxidation sites excluding steroid dienone is 1. The molecular formula is C31H20Cl2FN3O3S. The Morgan fingerprint density at radius 2 is 1.78 bits per heavy atom. The lowest BCUT2D eigenvalue weighted by Crippen LogP contribution is -2.40. The van der Waals surface area contributed by atoms with Crippen LogP contribution in [-0.4, -0.2) is 10.5 Å². The van der Waals surface area contributed by atoms with Crippen LogP contribution >= 0.6 is 34.5 Å². The van der Waals surface area contributed by atoms with E-state index in [1.54, 1.807) is 67.6 Å². The number of benzene rings is 3. The molecule has 6 nitrogen and oxygen atoms in total. The van der Waals surface area contributed by atoms with E-state index < -0.39 is 17.8 Å². The second kappa shape index (κ2) is 11.0. The number of hydrogen-bond acceptors (Lipinski definition) is 5. The number of fused-ring (bicyclic) bond motifs is 1. The van der Waals surface area contributed by atoms with Gasteiger partial charge in [-0.05, 0) is 61.0 Å². The molecule has 1 atom stereocenters. The van der Waals surface area contributed by atoms with Gasteiger partial charge in [0.1, 0.15) is 17.3 Å². The molecule has 0 fully saturated rings. The Bertz CT molecular complexity index is 2010. The van der Waals surface area contributed by atoms with Crippen molar-refractivity contribution in [3.8, 4) is 11.3 Å². The maximum absolute atomic E-state index is 13.9. The summed E-state index contributed by atoms with van der Waals surface area (Å²) in [5, 5.41) is 3.66. The largest absolute Gasteiger partial charge is 0.457 e. The van der Waals surface area contributed by atoms with Gasteiger partial charge in [0.05, 0.1) is 31.9 Å². The average molecular weight is 604 g/mol. The Balaban J connectivity index is 1.45. The molecule has 2 aromatic heterocycles. The van der Waals surface area contributed by atoms with E-state index in [1.165, 1.54) is 28.0 Å². The molecule has 6 rings (SSSR count). The van der Waals surface area contributed by atoms with Gasteiger partial charge in [0, 0.05) is 17.3 Å². The van der Waals surface area contributed by atoms with Crippen LogP contribution in [-0.2, 0) is 4.79 Å². The molecular weight excluding hydrogens is 584 g/mol. The summed E-state index contributed by atoms with van der Waals surface area (Å²) >= 11 is 13.7. The van der Waals surface area contributed by atoms with Crippen LogP contribution in [0.3, 0.4) is 0 Å². The molecule has 0 saturated carbocycles. The van der Waals surface area contributed by atoms with E-state index in [0.29, 0.717) is 53.4 Å². The molecule has 3 heterocycles. The van der Waals surface area contributed by atoms with Crippen LogP contribution < -0.4 is 20.2 Å². The van der Waals surface area contributed by atoms with Crippen molar-refractivity contribution in [3.63, 3.8) is 0 Å². The van der Waals surface area contributed by atoms with Crippen molar-refractivity contribution >= 4 is 52.2 Å². The number of amides is 1. The highest BCUT2D eigenvalue weighted by Gasteiger charge is 2.32. The smallest absolute Gasteiger partial charge is 0.271 e. The molecule has 1 amide bonds. The summed E-state index contributed by atoms with van der Waals surface area (Å²) in [5.74, 6) is 0.0922. The number of thiazole rings is 1. The highest BCUT2D eigenvalue weighted by atomic mass is 35.5. The van der Waals surface area contributed by atoms with Crippen LogP contribution in [0.4, 0.5) is 10.1 Å². The Hall–Kier alpha value is -4.24. The molecule has 41 heavy (non-hydrogen) atoms. The molecule has 0 spiro atoms. The first-order chi connectivity index (χ1) is 19.8. The minimum Gasteiger partial charge on any atom is -0.457 e. The summed E-state index contributed by atoms with van der Waals surface area (Å²) < 4.78 is 21.7. The lowest BCUT2D eigenvalue weighted by atomic mass is 9.95. The molecule has 5 aromatic rings. The quantitative estimate of drug-likeness (QED) is 0.246. The Morgan fingerprint density at radius 3 is 2.54 bits per heavy atom. The maximum Gasteiger partial charge on any atom is 0.271 e. The van der Waals surface area contributed by atoms with Crippen molar-refractivity contribution in [2.75, 3.05) is 5.32 Å². The van der Waals surface area contributed by atoms with Crippen LogP contribution in [0.15, 0.2) is 110 Å². The molecule has 0 saturated heterocycles. The average Bonchev–Trinajstić information content (AvgIpc) is 3.54. The molecule has 0 aliphatic carbocycles. The third-order valence-electron chi connectivity index (χ3n) is 6.60. The van der Waals surface area contributed by atoms with Gasteiger partial charge in [-0.15, -0.1) is 0 Å². The Morgan fingerprint density at radius 1 is 1.02 bits per heavy atom. The number of halogens is 3. The van der Waals surface area contributed by atoms with E-state index in [0.717, 1.165) is 0 Å². The number of nitrogens with zero attached hydrogens (tertiary/aromatic N) is 2. The molecule has 1 unspecified atom stereocenters. The van der Waals surface area contributed by atoms with Crippen molar-refractivity contribution < 1.29 is 13.6 Å². The van der Waals surface area contributed by atoms with E-state index in [9.17, 15) is 14.0 Å². The second-order valence-electron chi connectivity index (χ2n) is 9.26. The Labute approximate surface area is 247 Å². The van der Waals surface area contributed by atoms with Gasteiger partial charge in [-0.3, -0.25) is 14.2 Å². The lowest BCUT2D eigenvalue weighted by Gasteiger charge is -2.25. The summed E-state index contributed by atoms with van der Waals surface area (Å²) in [4.78, 5) is 32.5. The van der Waals surface area contributed by atoms with Crippen LogP contribution in [0.2, 0.25) is 10.0 Å². The van der Waals surface area contributed by atoms with Crippen molar-refractivity contribution in [2.24, 2.45) is 4.99 Å². The van der Waals surface area contributed by atoms with Gasteiger partial charge in [-0.1, -0.05) is 70.9 Å². The number of nitrogens with one attached hydrogen (secondary N) is 1. The fourth-order valence-electron chi connectivity index (χ4n) is 4.69. The summed E-state index contributed by atoms with van der Waals surface area (Å²) in [7, 11) is 0. The maximum atomic E-state index is 13.9. The minimum absolute atomic E-state index is 0.287. The van der Waals surface area contributed by atoms with Gasteiger partial charge in [-0.2, -0.15) is 0 Å². The van der Waals surface area contributed by atoms with E-state index in [2.05, 4.69) is 10.3 Å². The third-order valence-corrected chi connectivity index (χ3v) is 8.40. The lowest BCUT2D eigenvalue weighted by molar-refractivity contribution is -0.113. The molecule has 0 radical (unpaired) electrons. The number of carbonyl (C=O) groups is 1. The van der Waals surface area contributed by atoms with Crippen molar-refractivity contribution in [1.29, 1.82) is 0 Å². The molecule has 204 valence electrons. The molecule has 1 aliphatic heterocycles. The van der Waals surface area contributed by atoms with Gasteiger partial charge >= 0.3 is 0 Å². The standard InChI is InChI=1S/C31H20Cl2FN3O3S/c1-17-26(29(38)36-20-6-3-2-4-7-20)28(18-10-12-19(34)13-11-18)37-30(39)25(41-31(37)35-17)16-21-14-15-24(40-21)22-8-5-9-23(32)27(22)33/h2-16,28H,1H3,(H,36,38)/b25-16-. The number of rotatable bonds is 5. The molecule has 3 aromatic carbocycles. The number of carbonyl (C=O) groups excluding carboxylic acids is 1. The summed E-state index contributed by atoms with van der Waals surface area (Å²) in [6.07, 6.45) is 1.62. The van der Waals surface area contributed by atoms with Gasteiger partial charge in [0.25, 0.3) is 11.5 Å². The van der Waals surface area contributed by atoms with Gasteiger partial charge in [-0.25, -0.2) is 9.38 Å². The van der Waals surface area contributed by atoms with E-state index in [1.807, 2.05) is 18.2 Å². The highest BCUT2D eigenvalue weighted by Crippen LogP contribution is 2.34. The molecule has 10 heteroatoms. The predicted molar refractivity (Wildman–Crippen MR) is 159 cm³/mol. The van der Waals surface area contributed by atoms with Crippen LogP contribution in [0.5, 0.6) is 0 Å².